The second-order valence-corrected chi connectivity index (χ2v) is 17.1. The number of hydrogen-bond donors (Lipinski definition) is 0. The molecule has 0 N–H and O–H groups in total. The zero-order valence-corrected chi connectivity index (χ0v) is 40.6. The maximum Gasteiger partial charge on any atom is 0.306 e. The van der Waals surface area contributed by atoms with Crippen molar-refractivity contribution in [1.82, 2.24) is 0 Å². The van der Waals surface area contributed by atoms with Crippen LogP contribution in [0.2, 0.25) is 0 Å². The second-order valence-electron chi connectivity index (χ2n) is 17.1. The number of hydrogen-bond acceptors (Lipinski definition) is 6. The summed E-state index contributed by atoms with van der Waals surface area (Å²) in [6.45, 7) is 6.52. The Balaban J connectivity index is 4.49. The smallest absolute Gasteiger partial charge is 0.306 e. The van der Waals surface area contributed by atoms with Gasteiger partial charge in [-0.2, -0.15) is 0 Å². The molecular weight excluding hydrogens is 769 g/mol. The molecule has 0 aromatic carbocycles. The van der Waals surface area contributed by atoms with Crippen LogP contribution in [0.5, 0.6) is 0 Å². The fourth-order valence-electron chi connectivity index (χ4n) is 6.95. The molecule has 0 amide bonds. The van der Waals surface area contributed by atoms with Crippen molar-refractivity contribution in [2.75, 3.05) is 13.2 Å². The standard InChI is InChI=1S/C56H96O6/c1-4-7-10-13-16-19-22-25-27-28-30-31-34-37-40-43-46-49-55(58)61-52-53(51-60-54(57)48-45-42-39-36-33-24-21-18-15-12-9-6-3)62-56(59)50-47-44-41-38-35-32-29-26-23-20-17-14-11-8-5-2/h16,18-19,21,25-27,29-31,37,40,53H,4-15,17,20,22-24,28,32-36,38-39,41-52H2,1-3H3/b19-16-,21-18-,27-25-,29-26-,31-30-,40-37-/t53-/m1/s1. The van der Waals surface area contributed by atoms with Gasteiger partial charge in [0.1, 0.15) is 13.2 Å². The van der Waals surface area contributed by atoms with Gasteiger partial charge in [0.2, 0.25) is 0 Å². The number of rotatable bonds is 46. The van der Waals surface area contributed by atoms with E-state index in [0.717, 1.165) is 89.9 Å². The van der Waals surface area contributed by atoms with E-state index in [1.54, 1.807) is 0 Å². The molecule has 0 fully saturated rings. The fourth-order valence-corrected chi connectivity index (χ4v) is 6.95. The Hall–Kier alpha value is -3.15. The van der Waals surface area contributed by atoms with Crippen LogP contribution in [0, 0.1) is 0 Å². The SMILES string of the molecule is CCCCC/C=C\C/C=C\C/C=C\C/C=C\CCCC(=O)OC[C@@H](COC(=O)CCCCCCC/C=C\CCCCC)OC(=O)CCCCCCC/C=C\CCCCCCCC. The molecule has 356 valence electrons. The highest BCUT2D eigenvalue weighted by Gasteiger charge is 2.19. The van der Waals surface area contributed by atoms with E-state index in [2.05, 4.69) is 93.7 Å². The van der Waals surface area contributed by atoms with Crippen LogP contribution in [0.3, 0.4) is 0 Å². The molecule has 0 saturated heterocycles. The highest BCUT2D eigenvalue weighted by Crippen LogP contribution is 2.13. The topological polar surface area (TPSA) is 78.9 Å². The van der Waals surface area contributed by atoms with E-state index in [-0.39, 0.29) is 37.5 Å². The average Bonchev–Trinajstić information content (AvgIpc) is 3.27. The molecule has 6 heteroatoms. The van der Waals surface area contributed by atoms with Gasteiger partial charge in [0.15, 0.2) is 6.10 Å². The van der Waals surface area contributed by atoms with Crippen molar-refractivity contribution in [3.8, 4) is 0 Å². The van der Waals surface area contributed by atoms with Gasteiger partial charge in [-0.1, -0.05) is 190 Å². The largest absolute Gasteiger partial charge is 0.462 e. The van der Waals surface area contributed by atoms with Crippen molar-refractivity contribution in [3.63, 3.8) is 0 Å². The summed E-state index contributed by atoms with van der Waals surface area (Å²) in [7, 11) is 0. The molecule has 0 saturated carbocycles. The quantitative estimate of drug-likeness (QED) is 0.0262. The number of unbranched alkanes of at least 4 members (excludes halogenated alkanes) is 23. The first-order valence-corrected chi connectivity index (χ1v) is 25.9. The van der Waals surface area contributed by atoms with Crippen molar-refractivity contribution in [3.05, 3.63) is 72.9 Å². The normalized spacial score (nSPS) is 12.6. The lowest BCUT2D eigenvalue weighted by Crippen LogP contribution is -2.30. The Labute approximate surface area is 382 Å². The number of carbonyl (C=O) groups is 3. The Bertz CT molecular complexity index is 1180. The van der Waals surface area contributed by atoms with Crippen molar-refractivity contribution < 1.29 is 28.6 Å². The Morgan fingerprint density at radius 3 is 1.02 bits per heavy atom. The molecule has 0 radical (unpaired) electrons. The second kappa shape index (κ2) is 50.5. The van der Waals surface area contributed by atoms with E-state index >= 15 is 0 Å². The van der Waals surface area contributed by atoms with E-state index in [1.807, 2.05) is 0 Å². The van der Waals surface area contributed by atoms with Crippen LogP contribution >= 0.6 is 0 Å². The van der Waals surface area contributed by atoms with Gasteiger partial charge in [-0.3, -0.25) is 14.4 Å². The van der Waals surface area contributed by atoms with Gasteiger partial charge in [0, 0.05) is 19.3 Å². The highest BCUT2D eigenvalue weighted by molar-refractivity contribution is 5.71. The molecule has 0 rings (SSSR count). The summed E-state index contributed by atoms with van der Waals surface area (Å²) in [6.07, 6.45) is 63.1. The third kappa shape index (κ3) is 47.9. The van der Waals surface area contributed by atoms with Gasteiger partial charge in [0.05, 0.1) is 0 Å². The maximum atomic E-state index is 12.8. The molecule has 0 spiro atoms. The van der Waals surface area contributed by atoms with Crippen LogP contribution < -0.4 is 0 Å². The Morgan fingerprint density at radius 1 is 0.323 bits per heavy atom. The molecule has 0 aliphatic heterocycles. The summed E-state index contributed by atoms with van der Waals surface area (Å²) < 4.78 is 16.7. The third-order valence-corrected chi connectivity index (χ3v) is 10.9. The molecule has 6 nitrogen and oxygen atoms in total. The monoisotopic (exact) mass is 865 g/mol. The maximum absolute atomic E-state index is 12.8. The number of carbonyl (C=O) groups excluding carboxylic acids is 3. The minimum absolute atomic E-state index is 0.100. The summed E-state index contributed by atoms with van der Waals surface area (Å²) in [5, 5.41) is 0. The van der Waals surface area contributed by atoms with E-state index in [4.69, 9.17) is 14.2 Å². The average molecular weight is 865 g/mol. The van der Waals surface area contributed by atoms with Crippen molar-refractivity contribution in [1.29, 1.82) is 0 Å². The van der Waals surface area contributed by atoms with E-state index in [1.165, 1.54) is 109 Å². The fraction of sp³-hybridized carbons (Fsp3) is 0.732. The molecule has 0 aliphatic rings. The third-order valence-electron chi connectivity index (χ3n) is 10.9. The van der Waals surface area contributed by atoms with Crippen LogP contribution in [0.15, 0.2) is 72.9 Å². The molecule has 1 atom stereocenters. The zero-order valence-electron chi connectivity index (χ0n) is 40.6. The van der Waals surface area contributed by atoms with Crippen molar-refractivity contribution in [2.24, 2.45) is 0 Å². The summed E-state index contributed by atoms with van der Waals surface area (Å²) in [5.74, 6) is -0.975. The van der Waals surface area contributed by atoms with Crippen LogP contribution in [0.4, 0.5) is 0 Å². The molecular formula is C56H96O6. The molecule has 0 unspecified atom stereocenters. The predicted octanol–water partition coefficient (Wildman–Crippen LogP) is 17.0. The summed E-state index contributed by atoms with van der Waals surface area (Å²) in [4.78, 5) is 37.9. The zero-order chi connectivity index (χ0) is 45.1. The van der Waals surface area contributed by atoms with Gasteiger partial charge < -0.3 is 14.2 Å². The molecule has 0 heterocycles. The molecule has 62 heavy (non-hydrogen) atoms. The van der Waals surface area contributed by atoms with Gasteiger partial charge >= 0.3 is 17.9 Å². The van der Waals surface area contributed by atoms with Crippen LogP contribution in [0.1, 0.15) is 245 Å². The lowest BCUT2D eigenvalue weighted by atomic mass is 10.1. The van der Waals surface area contributed by atoms with Crippen LogP contribution in [0.25, 0.3) is 0 Å². The van der Waals surface area contributed by atoms with Crippen LogP contribution in [-0.4, -0.2) is 37.2 Å². The lowest BCUT2D eigenvalue weighted by molar-refractivity contribution is -0.167. The van der Waals surface area contributed by atoms with Gasteiger partial charge in [-0.15, -0.1) is 0 Å². The molecule has 0 aliphatic carbocycles. The van der Waals surface area contributed by atoms with Gasteiger partial charge in [0.25, 0.3) is 0 Å². The molecule has 0 bridgehead atoms. The summed E-state index contributed by atoms with van der Waals surface area (Å²) in [5.41, 5.74) is 0. The Kier molecular flexibility index (Phi) is 47.9. The minimum atomic E-state index is -0.804. The minimum Gasteiger partial charge on any atom is -0.462 e. The summed E-state index contributed by atoms with van der Waals surface area (Å²) in [6, 6.07) is 0. The van der Waals surface area contributed by atoms with Gasteiger partial charge in [-0.25, -0.2) is 0 Å². The number of ether oxygens (including phenoxy) is 3. The molecule has 0 aromatic heterocycles. The molecule has 0 aromatic rings. The lowest BCUT2D eigenvalue weighted by Gasteiger charge is -2.18. The predicted molar refractivity (Wildman–Crippen MR) is 265 cm³/mol. The van der Waals surface area contributed by atoms with Crippen molar-refractivity contribution in [2.45, 2.75) is 252 Å². The van der Waals surface area contributed by atoms with E-state index < -0.39 is 6.10 Å². The summed E-state index contributed by atoms with van der Waals surface area (Å²) >= 11 is 0. The highest BCUT2D eigenvalue weighted by atomic mass is 16.6. The van der Waals surface area contributed by atoms with E-state index in [9.17, 15) is 14.4 Å². The van der Waals surface area contributed by atoms with Gasteiger partial charge in [-0.05, 0) is 109 Å². The van der Waals surface area contributed by atoms with Crippen LogP contribution in [-0.2, 0) is 28.6 Å². The number of allylic oxidation sites excluding steroid dienone is 12. The number of esters is 3. The first-order chi connectivity index (χ1) is 30.5. The van der Waals surface area contributed by atoms with E-state index in [0.29, 0.717) is 19.3 Å². The first-order valence-electron chi connectivity index (χ1n) is 25.9. The van der Waals surface area contributed by atoms with Crippen molar-refractivity contribution >= 4 is 17.9 Å². The first kappa shape index (κ1) is 58.9. The Morgan fingerprint density at radius 2 is 0.597 bits per heavy atom.